The van der Waals surface area contributed by atoms with Gasteiger partial charge in [0.25, 0.3) is 0 Å². The van der Waals surface area contributed by atoms with Crippen molar-refractivity contribution in [3.8, 4) is 0 Å². The van der Waals surface area contributed by atoms with Gasteiger partial charge in [-0.25, -0.2) is 4.68 Å². The van der Waals surface area contributed by atoms with E-state index in [0.29, 0.717) is 37.9 Å². The van der Waals surface area contributed by atoms with Gasteiger partial charge in [-0.05, 0) is 34.9 Å². The van der Waals surface area contributed by atoms with Crippen LogP contribution in [0.25, 0.3) is 0 Å². The van der Waals surface area contributed by atoms with Gasteiger partial charge >= 0.3 is 0 Å². The van der Waals surface area contributed by atoms with Gasteiger partial charge in [0.2, 0.25) is 5.91 Å². The second kappa shape index (κ2) is 10.0. The number of piperidine rings is 1. The molecule has 1 amide bonds. The van der Waals surface area contributed by atoms with Gasteiger partial charge in [0, 0.05) is 38.3 Å². The first kappa shape index (κ1) is 22.1. The summed E-state index contributed by atoms with van der Waals surface area (Å²) in [6.45, 7) is 5.24. The van der Waals surface area contributed by atoms with Crippen LogP contribution in [0.2, 0.25) is 5.02 Å². The van der Waals surface area contributed by atoms with Gasteiger partial charge in [-0.15, -0.1) is 5.10 Å². The minimum atomic E-state index is -0.449. The zero-order valence-electron chi connectivity index (χ0n) is 17.9. The average molecular weight is 449 g/mol. The Morgan fingerprint density at radius 1 is 1.26 bits per heavy atom. The van der Waals surface area contributed by atoms with Gasteiger partial charge in [0.15, 0.2) is 5.82 Å². The van der Waals surface area contributed by atoms with E-state index in [1.54, 1.807) is 7.11 Å². The molecule has 2 aliphatic heterocycles. The number of nitrogens with zero attached hydrogens (tertiary/aromatic N) is 6. The highest BCUT2D eigenvalue weighted by molar-refractivity contribution is 6.31. The molecule has 168 valence electrons. The maximum Gasteiger partial charge on any atom is 0.227 e. The second-order valence-electron chi connectivity index (χ2n) is 8.04. The maximum atomic E-state index is 13.3. The van der Waals surface area contributed by atoms with Crippen LogP contribution in [0.3, 0.4) is 0 Å². The highest BCUT2D eigenvalue weighted by atomic mass is 35.5. The molecule has 0 aliphatic carbocycles. The second-order valence-corrected chi connectivity index (χ2v) is 8.44. The van der Waals surface area contributed by atoms with Gasteiger partial charge in [-0.1, -0.05) is 29.8 Å². The van der Waals surface area contributed by atoms with E-state index >= 15 is 0 Å². The van der Waals surface area contributed by atoms with E-state index in [-0.39, 0.29) is 12.3 Å². The lowest BCUT2D eigenvalue weighted by molar-refractivity contribution is -0.137. The summed E-state index contributed by atoms with van der Waals surface area (Å²) in [7, 11) is 1.66. The van der Waals surface area contributed by atoms with E-state index in [1.165, 1.54) is 0 Å². The van der Waals surface area contributed by atoms with Crippen LogP contribution in [0.4, 0.5) is 0 Å². The zero-order valence-corrected chi connectivity index (χ0v) is 18.6. The Bertz CT molecular complexity index is 888. The Kier molecular flexibility index (Phi) is 7.16. The molecule has 2 saturated heterocycles. The first-order chi connectivity index (χ1) is 15.1. The third-order valence-electron chi connectivity index (χ3n) is 6.19. The minimum Gasteiger partial charge on any atom is -0.383 e. The molecule has 3 heterocycles. The van der Waals surface area contributed by atoms with Crippen molar-refractivity contribution in [2.75, 3.05) is 53.1 Å². The van der Waals surface area contributed by atoms with E-state index in [0.717, 1.165) is 43.9 Å². The van der Waals surface area contributed by atoms with Crippen LogP contribution in [0.15, 0.2) is 24.3 Å². The van der Waals surface area contributed by atoms with Crippen molar-refractivity contribution in [1.82, 2.24) is 30.0 Å². The monoisotopic (exact) mass is 448 g/mol. The van der Waals surface area contributed by atoms with Crippen LogP contribution in [-0.4, -0.2) is 89.0 Å². The van der Waals surface area contributed by atoms with Crippen LogP contribution >= 0.6 is 11.6 Å². The summed E-state index contributed by atoms with van der Waals surface area (Å²) < 4.78 is 12.7. The minimum absolute atomic E-state index is 0.0707. The van der Waals surface area contributed by atoms with Gasteiger partial charge in [-0.2, -0.15) is 0 Å². The normalized spacial score (nSPS) is 22.6. The van der Waals surface area contributed by atoms with Crippen LogP contribution in [-0.2, 0) is 32.8 Å². The van der Waals surface area contributed by atoms with Crippen molar-refractivity contribution in [1.29, 1.82) is 0 Å². The molecule has 0 radical (unpaired) electrons. The van der Waals surface area contributed by atoms with Crippen molar-refractivity contribution in [2.45, 2.75) is 31.3 Å². The fraction of sp³-hybridized carbons (Fsp3) is 0.619. The lowest BCUT2D eigenvalue weighted by Crippen LogP contribution is -2.61. The summed E-state index contributed by atoms with van der Waals surface area (Å²) in [6.07, 6.45) is 2.05. The lowest BCUT2D eigenvalue weighted by Gasteiger charge is -2.49. The molecule has 31 heavy (non-hydrogen) atoms. The molecule has 2 fully saturated rings. The average Bonchev–Trinajstić information content (AvgIpc) is 3.29. The summed E-state index contributed by atoms with van der Waals surface area (Å²) >= 11 is 6.30. The van der Waals surface area contributed by atoms with Gasteiger partial charge in [0.05, 0.1) is 32.8 Å². The zero-order chi connectivity index (χ0) is 21.7. The summed E-state index contributed by atoms with van der Waals surface area (Å²) in [5.74, 6) is 0.864. The predicted octanol–water partition coefficient (Wildman–Crippen LogP) is 1.37. The highest BCUT2D eigenvalue weighted by Crippen LogP contribution is 2.37. The number of carbonyl (C=O) groups excluding carboxylic acids is 1. The number of tetrazole rings is 1. The molecule has 0 spiro atoms. The Labute approximate surface area is 187 Å². The highest BCUT2D eigenvalue weighted by Gasteiger charge is 2.47. The number of likely N-dealkylation sites (tertiary alicyclic amines) is 1. The van der Waals surface area contributed by atoms with E-state index < -0.39 is 5.54 Å². The third-order valence-corrected chi connectivity index (χ3v) is 6.56. The van der Waals surface area contributed by atoms with E-state index in [1.807, 2.05) is 33.8 Å². The van der Waals surface area contributed by atoms with Crippen molar-refractivity contribution >= 4 is 17.5 Å². The Hall–Kier alpha value is -2.07. The molecule has 0 saturated carbocycles. The van der Waals surface area contributed by atoms with Gasteiger partial charge in [0.1, 0.15) is 5.54 Å². The molecule has 2 aliphatic rings. The maximum absolute atomic E-state index is 13.3. The van der Waals surface area contributed by atoms with Crippen molar-refractivity contribution in [2.24, 2.45) is 0 Å². The Balaban J connectivity index is 1.61. The number of halogens is 1. The standard InChI is InChI=1S/C21H29ClN6O3/c1-30-12-11-28-20(23-24-25-28)21(27-9-13-31-14-10-27)7-4-8-26(16-21)19(29)15-17-5-2-3-6-18(17)22/h2-3,5-6H,4,7-16H2,1H3/t21-/m0/s1. The molecule has 1 atom stereocenters. The van der Waals surface area contributed by atoms with Gasteiger partial charge in [-0.3, -0.25) is 9.69 Å². The summed E-state index contributed by atoms with van der Waals surface area (Å²) in [5.41, 5.74) is 0.400. The predicted molar refractivity (Wildman–Crippen MR) is 115 cm³/mol. The Morgan fingerprint density at radius 3 is 2.84 bits per heavy atom. The molecule has 9 nitrogen and oxygen atoms in total. The number of hydrogen-bond acceptors (Lipinski definition) is 7. The number of carbonyl (C=O) groups is 1. The first-order valence-electron chi connectivity index (χ1n) is 10.7. The molecule has 2 aromatic rings. The molecule has 4 rings (SSSR count). The van der Waals surface area contributed by atoms with E-state index in [2.05, 4.69) is 20.4 Å². The number of aromatic nitrogens is 4. The number of methoxy groups -OCH3 is 1. The number of hydrogen-bond donors (Lipinski definition) is 0. The van der Waals surface area contributed by atoms with E-state index in [9.17, 15) is 4.79 Å². The smallest absolute Gasteiger partial charge is 0.227 e. The first-order valence-corrected chi connectivity index (χ1v) is 11.1. The van der Waals surface area contributed by atoms with Crippen LogP contribution < -0.4 is 0 Å². The van der Waals surface area contributed by atoms with Crippen LogP contribution in [0, 0.1) is 0 Å². The molecule has 0 N–H and O–H groups in total. The molecular formula is C21H29ClN6O3. The molecule has 1 aromatic heterocycles. The largest absolute Gasteiger partial charge is 0.383 e. The topological polar surface area (TPSA) is 85.6 Å². The molecular weight excluding hydrogens is 420 g/mol. The Morgan fingerprint density at radius 2 is 2.06 bits per heavy atom. The SMILES string of the molecule is COCCn1nnnc1[C@]1(N2CCOCC2)CCCN(C(=O)Cc2ccccc2Cl)C1. The third kappa shape index (κ3) is 4.74. The van der Waals surface area contributed by atoms with Crippen molar-refractivity contribution < 1.29 is 14.3 Å². The number of rotatable bonds is 7. The summed E-state index contributed by atoms with van der Waals surface area (Å²) in [5, 5.41) is 13.2. The number of amides is 1. The number of benzene rings is 1. The summed E-state index contributed by atoms with van der Waals surface area (Å²) in [6, 6.07) is 7.51. The van der Waals surface area contributed by atoms with Crippen LogP contribution in [0.5, 0.6) is 0 Å². The fourth-order valence-corrected chi connectivity index (χ4v) is 4.81. The number of morpholine rings is 1. The molecule has 0 unspecified atom stereocenters. The molecule has 0 bridgehead atoms. The van der Waals surface area contributed by atoms with Crippen molar-refractivity contribution in [3.63, 3.8) is 0 Å². The van der Waals surface area contributed by atoms with Crippen molar-refractivity contribution in [3.05, 3.63) is 40.7 Å². The quantitative estimate of drug-likeness (QED) is 0.632. The molecule has 1 aromatic carbocycles. The molecule has 10 heteroatoms. The summed E-state index contributed by atoms with van der Waals surface area (Å²) in [4.78, 5) is 17.6. The van der Waals surface area contributed by atoms with E-state index in [4.69, 9.17) is 21.1 Å². The fourth-order valence-electron chi connectivity index (χ4n) is 4.61. The lowest BCUT2D eigenvalue weighted by atomic mass is 9.85. The van der Waals surface area contributed by atoms with Crippen LogP contribution in [0.1, 0.15) is 24.2 Å². The van der Waals surface area contributed by atoms with Gasteiger partial charge < -0.3 is 14.4 Å². The number of ether oxygens (including phenoxy) is 2.